The van der Waals surface area contributed by atoms with Crippen LogP contribution in [0.4, 0.5) is 4.79 Å². The lowest BCUT2D eigenvalue weighted by Crippen LogP contribution is -2.41. The lowest BCUT2D eigenvalue weighted by molar-refractivity contribution is 0.00578. The molecule has 0 unspecified atom stereocenters. The maximum absolute atomic E-state index is 12.4. The third-order valence-corrected chi connectivity index (χ3v) is 7.30. The number of benzene rings is 2. The zero-order valence-corrected chi connectivity index (χ0v) is 20.9. The van der Waals surface area contributed by atoms with E-state index in [1.807, 2.05) is 82.3 Å². The number of alkyl carbamates (subject to hydrolysis) is 1. The molecule has 2 aromatic carbocycles. The number of rotatable bonds is 7. The summed E-state index contributed by atoms with van der Waals surface area (Å²) in [5.74, 6) is 0. The van der Waals surface area contributed by atoms with Crippen molar-refractivity contribution in [1.29, 1.82) is 0 Å². The standard InChI is InChI=1S/C27H30BNO4S/c1-26(2)27(3,4)33-28(32-26)22(18-29-25(30)31-19-20-11-7-5-8-12-20)17-23-15-16-24(34-23)21-13-9-6-10-14-21/h5-17H,18-19H2,1-4H3,(H,29,30). The van der Waals surface area contributed by atoms with Gasteiger partial charge in [-0.2, -0.15) is 0 Å². The zero-order chi connectivity index (χ0) is 24.2. The normalized spacial score (nSPS) is 16.9. The number of ether oxygens (including phenoxy) is 1. The van der Waals surface area contributed by atoms with Crippen molar-refractivity contribution in [1.82, 2.24) is 5.32 Å². The van der Waals surface area contributed by atoms with Gasteiger partial charge in [0.1, 0.15) is 6.61 Å². The molecule has 176 valence electrons. The van der Waals surface area contributed by atoms with E-state index in [0.29, 0.717) is 0 Å². The lowest BCUT2D eigenvalue weighted by atomic mass is 9.77. The van der Waals surface area contributed by atoms with Gasteiger partial charge in [0.05, 0.1) is 11.2 Å². The van der Waals surface area contributed by atoms with Crippen molar-refractivity contribution in [3.05, 3.63) is 88.7 Å². The second-order valence-corrected chi connectivity index (χ2v) is 10.4. The minimum Gasteiger partial charge on any atom is -0.445 e. The highest BCUT2D eigenvalue weighted by atomic mass is 32.1. The maximum atomic E-state index is 12.4. The van der Waals surface area contributed by atoms with Crippen LogP contribution in [0.15, 0.2) is 78.3 Å². The average Bonchev–Trinajstić information content (AvgIpc) is 3.37. The number of amides is 1. The predicted octanol–water partition coefficient (Wildman–Crippen LogP) is 6.36. The lowest BCUT2D eigenvalue weighted by Gasteiger charge is -2.32. The minimum atomic E-state index is -0.568. The predicted molar refractivity (Wildman–Crippen MR) is 138 cm³/mol. The second-order valence-electron chi connectivity index (χ2n) is 9.29. The SMILES string of the molecule is CC1(C)OB(C(=Cc2ccc(-c3ccccc3)s2)CNC(=O)OCc2ccccc2)OC1(C)C. The van der Waals surface area contributed by atoms with Gasteiger partial charge in [0.25, 0.3) is 0 Å². The van der Waals surface area contributed by atoms with Crippen LogP contribution in [0.5, 0.6) is 0 Å². The van der Waals surface area contributed by atoms with E-state index in [2.05, 4.69) is 29.6 Å². The molecule has 0 spiro atoms. The van der Waals surface area contributed by atoms with E-state index in [1.54, 1.807) is 11.3 Å². The van der Waals surface area contributed by atoms with E-state index >= 15 is 0 Å². The van der Waals surface area contributed by atoms with Gasteiger partial charge < -0.3 is 19.4 Å². The highest BCUT2D eigenvalue weighted by molar-refractivity contribution is 7.16. The third-order valence-electron chi connectivity index (χ3n) is 6.22. The fourth-order valence-corrected chi connectivity index (χ4v) is 4.51. The Labute approximate surface area is 205 Å². The molecule has 1 N–H and O–H groups in total. The Hall–Kier alpha value is -2.87. The van der Waals surface area contributed by atoms with E-state index in [0.717, 1.165) is 15.9 Å². The van der Waals surface area contributed by atoms with Crippen molar-refractivity contribution < 1.29 is 18.8 Å². The topological polar surface area (TPSA) is 56.8 Å². The fourth-order valence-electron chi connectivity index (χ4n) is 3.52. The average molecular weight is 475 g/mol. The van der Waals surface area contributed by atoms with Crippen molar-refractivity contribution in [3.8, 4) is 10.4 Å². The molecular weight excluding hydrogens is 445 g/mol. The van der Waals surface area contributed by atoms with Gasteiger partial charge in [-0.15, -0.1) is 11.3 Å². The van der Waals surface area contributed by atoms with Crippen LogP contribution >= 0.6 is 11.3 Å². The van der Waals surface area contributed by atoms with Gasteiger partial charge in [-0.1, -0.05) is 60.7 Å². The first-order chi connectivity index (χ1) is 16.2. The van der Waals surface area contributed by atoms with Gasteiger partial charge in [-0.05, 0) is 62.5 Å². The Morgan fingerprint density at radius 3 is 2.21 bits per heavy atom. The van der Waals surface area contributed by atoms with Gasteiger partial charge in [0.2, 0.25) is 0 Å². The molecular formula is C27H30BNO4S. The van der Waals surface area contributed by atoms with E-state index in [1.165, 1.54) is 10.4 Å². The quantitative estimate of drug-likeness (QED) is 0.404. The molecule has 1 fully saturated rings. The van der Waals surface area contributed by atoms with E-state index < -0.39 is 24.4 Å². The van der Waals surface area contributed by atoms with Crippen molar-refractivity contribution in [2.24, 2.45) is 0 Å². The molecule has 4 rings (SSSR count). The first-order valence-electron chi connectivity index (χ1n) is 11.4. The molecule has 1 aromatic heterocycles. The van der Waals surface area contributed by atoms with Crippen LogP contribution in [-0.2, 0) is 20.7 Å². The molecule has 0 aliphatic carbocycles. The van der Waals surface area contributed by atoms with Crippen LogP contribution in [0.1, 0.15) is 38.1 Å². The van der Waals surface area contributed by atoms with Crippen molar-refractivity contribution in [3.63, 3.8) is 0 Å². The molecule has 1 amide bonds. The Morgan fingerprint density at radius 1 is 0.941 bits per heavy atom. The van der Waals surface area contributed by atoms with Crippen LogP contribution in [0.3, 0.4) is 0 Å². The summed E-state index contributed by atoms with van der Waals surface area (Å²) in [6, 6.07) is 24.1. The van der Waals surface area contributed by atoms with Crippen molar-refractivity contribution in [2.75, 3.05) is 6.54 Å². The monoisotopic (exact) mass is 475 g/mol. The highest BCUT2D eigenvalue weighted by Gasteiger charge is 2.52. The van der Waals surface area contributed by atoms with E-state index in [9.17, 15) is 4.79 Å². The summed E-state index contributed by atoms with van der Waals surface area (Å²) in [5.41, 5.74) is 1.99. The van der Waals surface area contributed by atoms with Crippen LogP contribution in [-0.4, -0.2) is 31.0 Å². The summed E-state index contributed by atoms with van der Waals surface area (Å²) in [5, 5.41) is 2.86. The maximum Gasteiger partial charge on any atom is 0.492 e. The fraction of sp³-hybridized carbons (Fsp3) is 0.296. The van der Waals surface area contributed by atoms with Gasteiger partial charge in [-0.3, -0.25) is 0 Å². The summed E-state index contributed by atoms with van der Waals surface area (Å²) in [6.45, 7) is 8.54. The molecule has 1 saturated heterocycles. The van der Waals surface area contributed by atoms with Crippen molar-refractivity contribution >= 4 is 30.6 Å². The molecule has 5 nitrogen and oxygen atoms in total. The summed E-state index contributed by atoms with van der Waals surface area (Å²) in [4.78, 5) is 14.6. The summed E-state index contributed by atoms with van der Waals surface area (Å²) >= 11 is 1.68. The molecule has 1 aliphatic heterocycles. The van der Waals surface area contributed by atoms with Crippen LogP contribution in [0.2, 0.25) is 0 Å². The van der Waals surface area contributed by atoms with Crippen molar-refractivity contribution in [2.45, 2.75) is 45.5 Å². The number of nitrogens with one attached hydrogen (secondary N) is 1. The first-order valence-corrected chi connectivity index (χ1v) is 12.2. The Bertz CT molecular complexity index is 1130. The molecule has 0 bridgehead atoms. The molecule has 2 heterocycles. The molecule has 0 saturated carbocycles. The number of hydrogen-bond donors (Lipinski definition) is 1. The Morgan fingerprint density at radius 2 is 1.56 bits per heavy atom. The van der Waals surface area contributed by atoms with Gasteiger partial charge in [-0.25, -0.2) is 4.79 Å². The summed E-state index contributed by atoms with van der Waals surface area (Å²) < 4.78 is 17.9. The number of carbonyl (C=O) groups is 1. The van der Waals surface area contributed by atoms with Crippen LogP contribution in [0, 0.1) is 0 Å². The van der Waals surface area contributed by atoms with Gasteiger partial charge >= 0.3 is 13.2 Å². The third kappa shape index (κ3) is 5.79. The Kier molecular flexibility index (Phi) is 7.26. The van der Waals surface area contributed by atoms with E-state index in [-0.39, 0.29) is 13.2 Å². The smallest absolute Gasteiger partial charge is 0.445 e. The van der Waals surface area contributed by atoms with Crippen LogP contribution < -0.4 is 5.32 Å². The zero-order valence-electron chi connectivity index (χ0n) is 20.0. The molecule has 34 heavy (non-hydrogen) atoms. The van der Waals surface area contributed by atoms with Crippen LogP contribution in [0.25, 0.3) is 16.5 Å². The summed E-state index contributed by atoms with van der Waals surface area (Å²) in [6.07, 6.45) is 1.55. The largest absolute Gasteiger partial charge is 0.492 e. The van der Waals surface area contributed by atoms with Gasteiger partial charge in [0, 0.05) is 16.3 Å². The number of thiophene rings is 1. The molecule has 1 aliphatic rings. The number of carbonyl (C=O) groups excluding carboxylic acids is 1. The summed E-state index contributed by atoms with van der Waals surface area (Å²) in [7, 11) is -0.568. The molecule has 0 atom stereocenters. The minimum absolute atomic E-state index is 0.216. The van der Waals surface area contributed by atoms with Gasteiger partial charge in [0.15, 0.2) is 0 Å². The van der Waals surface area contributed by atoms with E-state index in [4.69, 9.17) is 14.0 Å². The molecule has 0 radical (unpaired) electrons. The molecule has 7 heteroatoms. The second kappa shape index (κ2) is 10.2. The highest BCUT2D eigenvalue weighted by Crippen LogP contribution is 2.39. The molecule has 3 aromatic rings. The first kappa shape index (κ1) is 24.3. The number of hydrogen-bond acceptors (Lipinski definition) is 5. The Balaban J connectivity index is 1.49.